The van der Waals surface area contributed by atoms with Gasteiger partial charge in [0.1, 0.15) is 0 Å². The first kappa shape index (κ1) is 17.1. The summed E-state index contributed by atoms with van der Waals surface area (Å²) in [5, 5.41) is 0.915. The van der Waals surface area contributed by atoms with Crippen molar-refractivity contribution in [2.75, 3.05) is 20.2 Å². The van der Waals surface area contributed by atoms with Gasteiger partial charge in [-0.2, -0.15) is 0 Å². The minimum atomic E-state index is -0.125. The lowest BCUT2D eigenvalue weighted by Gasteiger charge is -2.50. The number of halogens is 1. The third-order valence-electron chi connectivity index (χ3n) is 6.22. The van der Waals surface area contributed by atoms with E-state index in [-0.39, 0.29) is 5.60 Å². The Hall–Kier alpha value is -1.35. The van der Waals surface area contributed by atoms with Crippen LogP contribution in [-0.2, 0) is 10.3 Å². The van der Waals surface area contributed by atoms with Crippen molar-refractivity contribution in [1.82, 2.24) is 4.90 Å². The molecule has 2 nitrogen and oxygen atoms in total. The van der Waals surface area contributed by atoms with Crippen molar-refractivity contribution < 1.29 is 4.74 Å². The molecule has 0 aliphatic carbocycles. The molecule has 2 saturated heterocycles. The predicted octanol–water partition coefficient (Wildman–Crippen LogP) is 5.22. The molecule has 0 N–H and O–H groups in total. The van der Waals surface area contributed by atoms with Gasteiger partial charge in [-0.15, -0.1) is 0 Å². The van der Waals surface area contributed by atoms with Crippen molar-refractivity contribution in [3.05, 3.63) is 70.7 Å². The third kappa shape index (κ3) is 3.23. The Kier molecular flexibility index (Phi) is 4.86. The molecule has 2 aliphatic heterocycles. The van der Waals surface area contributed by atoms with Crippen molar-refractivity contribution in [2.24, 2.45) is 0 Å². The van der Waals surface area contributed by atoms with Gasteiger partial charge < -0.3 is 4.74 Å². The zero-order valence-corrected chi connectivity index (χ0v) is 15.6. The van der Waals surface area contributed by atoms with Crippen molar-refractivity contribution in [3.8, 4) is 0 Å². The molecular formula is C22H26ClNO. The van der Waals surface area contributed by atoms with Crippen LogP contribution in [0.15, 0.2) is 54.6 Å². The molecule has 2 aromatic rings. The van der Waals surface area contributed by atoms with E-state index in [1.165, 1.54) is 24.0 Å². The zero-order chi connectivity index (χ0) is 17.3. The summed E-state index contributed by atoms with van der Waals surface area (Å²) < 4.78 is 6.10. The maximum Gasteiger partial charge on any atom is 0.0954 e. The number of hydrogen-bond donors (Lipinski definition) is 0. The summed E-state index contributed by atoms with van der Waals surface area (Å²) in [6.45, 7) is 2.21. The van der Waals surface area contributed by atoms with Gasteiger partial charge in [0, 0.05) is 31.3 Å². The van der Waals surface area contributed by atoms with E-state index in [1.807, 2.05) is 19.2 Å². The molecule has 132 valence electrons. The Balaban J connectivity index is 1.51. The summed E-state index contributed by atoms with van der Waals surface area (Å²) in [6.07, 6.45) is 4.56. The highest BCUT2D eigenvalue weighted by Crippen LogP contribution is 2.44. The van der Waals surface area contributed by atoms with E-state index in [1.54, 1.807) is 0 Å². The van der Waals surface area contributed by atoms with Crippen LogP contribution in [0, 0.1) is 0 Å². The standard InChI is InChI=1S/C22H26ClNO/c1-25-22(18-7-3-2-4-8-18)13-14-24-16-17(11-12-19(24)15-22)20-9-5-6-10-21(20)23/h2-10,17,19H,11-16H2,1H3/t17-,19+,22-/m0/s1. The van der Waals surface area contributed by atoms with Gasteiger partial charge in [0.2, 0.25) is 0 Å². The molecule has 2 aromatic carbocycles. The fourth-order valence-corrected chi connectivity index (χ4v) is 5.07. The number of benzene rings is 2. The summed E-state index contributed by atoms with van der Waals surface area (Å²) >= 11 is 6.44. The van der Waals surface area contributed by atoms with E-state index >= 15 is 0 Å². The van der Waals surface area contributed by atoms with Gasteiger partial charge >= 0.3 is 0 Å². The average molecular weight is 356 g/mol. The zero-order valence-electron chi connectivity index (χ0n) is 14.8. The van der Waals surface area contributed by atoms with Crippen LogP contribution >= 0.6 is 11.6 Å². The van der Waals surface area contributed by atoms with E-state index in [2.05, 4.69) is 47.4 Å². The van der Waals surface area contributed by atoms with Gasteiger partial charge in [0.25, 0.3) is 0 Å². The molecule has 0 spiro atoms. The molecule has 25 heavy (non-hydrogen) atoms. The Bertz CT molecular complexity index is 719. The van der Waals surface area contributed by atoms with Gasteiger partial charge in [0.15, 0.2) is 0 Å². The maximum atomic E-state index is 6.44. The maximum absolute atomic E-state index is 6.44. The Labute approximate surface area is 155 Å². The van der Waals surface area contributed by atoms with Gasteiger partial charge in [0.05, 0.1) is 5.60 Å². The van der Waals surface area contributed by atoms with Crippen molar-refractivity contribution >= 4 is 11.6 Å². The Morgan fingerprint density at radius 2 is 1.80 bits per heavy atom. The summed E-state index contributed by atoms with van der Waals surface area (Å²) in [6, 6.07) is 19.7. The number of rotatable bonds is 3. The summed E-state index contributed by atoms with van der Waals surface area (Å²) in [4.78, 5) is 2.66. The fourth-order valence-electron chi connectivity index (χ4n) is 4.78. The SMILES string of the molecule is CO[C@@]1(c2ccccc2)CCN2C[C@@H](c3ccccc3Cl)CC[C@@H]2C1. The van der Waals surface area contributed by atoms with Crippen LogP contribution < -0.4 is 0 Å². The van der Waals surface area contributed by atoms with Gasteiger partial charge in [-0.3, -0.25) is 4.90 Å². The highest BCUT2D eigenvalue weighted by atomic mass is 35.5. The highest BCUT2D eigenvalue weighted by Gasteiger charge is 2.43. The number of fused-ring (bicyclic) bond motifs is 1. The molecular weight excluding hydrogens is 330 g/mol. The monoisotopic (exact) mass is 355 g/mol. The lowest BCUT2D eigenvalue weighted by molar-refractivity contribution is -0.0913. The first-order valence-electron chi connectivity index (χ1n) is 9.31. The molecule has 2 heterocycles. The molecule has 0 bridgehead atoms. The second-order valence-electron chi connectivity index (χ2n) is 7.46. The first-order chi connectivity index (χ1) is 12.2. The molecule has 0 amide bonds. The van der Waals surface area contributed by atoms with Crippen LogP contribution in [0.3, 0.4) is 0 Å². The normalized spacial score (nSPS) is 30.0. The van der Waals surface area contributed by atoms with Gasteiger partial charge in [-0.25, -0.2) is 0 Å². The van der Waals surface area contributed by atoms with Crippen LogP contribution in [0.25, 0.3) is 0 Å². The van der Waals surface area contributed by atoms with Crippen LogP contribution in [0.4, 0.5) is 0 Å². The van der Waals surface area contributed by atoms with Gasteiger partial charge in [-0.1, -0.05) is 60.1 Å². The highest BCUT2D eigenvalue weighted by molar-refractivity contribution is 6.31. The van der Waals surface area contributed by atoms with Crippen LogP contribution in [0.5, 0.6) is 0 Å². The van der Waals surface area contributed by atoms with E-state index in [0.717, 1.165) is 31.0 Å². The van der Waals surface area contributed by atoms with Crippen LogP contribution in [-0.4, -0.2) is 31.1 Å². The lowest BCUT2D eigenvalue weighted by atomic mass is 9.75. The summed E-state index contributed by atoms with van der Waals surface area (Å²) in [5.74, 6) is 0.553. The van der Waals surface area contributed by atoms with E-state index < -0.39 is 0 Å². The minimum absolute atomic E-state index is 0.125. The van der Waals surface area contributed by atoms with E-state index in [4.69, 9.17) is 16.3 Å². The Morgan fingerprint density at radius 3 is 2.56 bits per heavy atom. The largest absolute Gasteiger partial charge is 0.373 e. The number of nitrogens with zero attached hydrogens (tertiary/aromatic N) is 1. The first-order valence-corrected chi connectivity index (χ1v) is 9.69. The molecule has 3 heteroatoms. The fraction of sp³-hybridized carbons (Fsp3) is 0.455. The molecule has 2 fully saturated rings. The molecule has 0 saturated carbocycles. The van der Waals surface area contributed by atoms with Crippen LogP contribution in [0.2, 0.25) is 5.02 Å². The predicted molar refractivity (Wildman–Crippen MR) is 103 cm³/mol. The second kappa shape index (κ2) is 7.11. The number of methoxy groups -OCH3 is 1. The Morgan fingerprint density at radius 1 is 1.04 bits per heavy atom. The average Bonchev–Trinajstić information content (AvgIpc) is 2.68. The number of piperidine rings is 2. The third-order valence-corrected chi connectivity index (χ3v) is 6.57. The van der Waals surface area contributed by atoms with Crippen molar-refractivity contribution in [2.45, 2.75) is 43.2 Å². The number of hydrogen-bond acceptors (Lipinski definition) is 2. The molecule has 0 unspecified atom stereocenters. The second-order valence-corrected chi connectivity index (χ2v) is 7.87. The molecule has 0 aromatic heterocycles. The van der Waals surface area contributed by atoms with Gasteiger partial charge in [-0.05, 0) is 48.8 Å². The van der Waals surface area contributed by atoms with Crippen molar-refractivity contribution in [1.29, 1.82) is 0 Å². The number of ether oxygens (including phenoxy) is 1. The summed E-state index contributed by atoms with van der Waals surface area (Å²) in [5.41, 5.74) is 2.51. The smallest absolute Gasteiger partial charge is 0.0954 e. The molecule has 3 atom stereocenters. The minimum Gasteiger partial charge on any atom is -0.373 e. The van der Waals surface area contributed by atoms with Crippen molar-refractivity contribution in [3.63, 3.8) is 0 Å². The topological polar surface area (TPSA) is 12.5 Å². The molecule has 4 rings (SSSR count). The molecule has 2 aliphatic rings. The molecule has 0 radical (unpaired) electrons. The van der Waals surface area contributed by atoms with E-state index in [0.29, 0.717) is 12.0 Å². The quantitative estimate of drug-likeness (QED) is 0.748. The summed E-state index contributed by atoms with van der Waals surface area (Å²) in [7, 11) is 1.87. The lowest BCUT2D eigenvalue weighted by Crippen LogP contribution is -2.53. The van der Waals surface area contributed by atoms with E-state index in [9.17, 15) is 0 Å². The van der Waals surface area contributed by atoms with Crippen LogP contribution in [0.1, 0.15) is 42.7 Å².